The highest BCUT2D eigenvalue weighted by molar-refractivity contribution is 5.60. The molecule has 0 atom stereocenters. The van der Waals surface area contributed by atoms with Crippen molar-refractivity contribution in [2.45, 2.75) is 26.8 Å². The summed E-state index contributed by atoms with van der Waals surface area (Å²) in [6.45, 7) is 5.81. The van der Waals surface area contributed by atoms with Crippen LogP contribution in [-0.2, 0) is 13.0 Å². The monoisotopic (exact) mass is 333 g/mol. The van der Waals surface area contributed by atoms with Gasteiger partial charge in [-0.05, 0) is 30.5 Å². The van der Waals surface area contributed by atoms with Crippen molar-refractivity contribution < 1.29 is 0 Å². The molecule has 0 radical (unpaired) electrons. The zero-order valence-electron chi connectivity index (χ0n) is 14.7. The summed E-state index contributed by atoms with van der Waals surface area (Å²) in [4.78, 5) is 6.76. The maximum atomic E-state index is 4.65. The Labute approximate surface area is 148 Å². The molecule has 0 aliphatic rings. The van der Waals surface area contributed by atoms with E-state index in [9.17, 15) is 0 Å². The number of rotatable bonds is 7. The quantitative estimate of drug-likeness (QED) is 0.702. The van der Waals surface area contributed by atoms with Crippen molar-refractivity contribution in [2.24, 2.45) is 0 Å². The van der Waals surface area contributed by atoms with Gasteiger partial charge < -0.3 is 10.2 Å². The molecular weight excluding hydrogens is 310 g/mol. The number of anilines is 3. The molecule has 3 aromatic rings. The summed E-state index contributed by atoms with van der Waals surface area (Å²) in [5.41, 5.74) is 3.53. The van der Waals surface area contributed by atoms with Gasteiger partial charge in [0.25, 0.3) is 0 Å². The zero-order chi connectivity index (χ0) is 17.5. The average Bonchev–Trinajstić information content (AvgIpc) is 2.67. The number of aryl methyl sites for hydroxylation is 1. The van der Waals surface area contributed by atoms with Crippen molar-refractivity contribution in [3.8, 4) is 0 Å². The maximum absolute atomic E-state index is 4.65. The molecule has 0 aliphatic carbocycles. The fraction of sp³-hybridized carbons (Fsp3) is 0.250. The van der Waals surface area contributed by atoms with E-state index in [0.717, 1.165) is 25.2 Å². The van der Waals surface area contributed by atoms with Crippen molar-refractivity contribution in [2.75, 3.05) is 16.8 Å². The van der Waals surface area contributed by atoms with Gasteiger partial charge in [-0.1, -0.05) is 55.5 Å². The number of benzene rings is 2. The standard InChI is InChI=1S/C20H23N5/c1-3-17-12-8-9-13-18(17)22-19-14-21-24-20(23-19)25(4-2)15-16-10-6-5-7-11-16/h5-14H,3-4,15H2,1-2H3,(H,22,23,24). The minimum Gasteiger partial charge on any atom is -0.339 e. The van der Waals surface area contributed by atoms with E-state index in [1.807, 2.05) is 30.3 Å². The first-order chi connectivity index (χ1) is 12.3. The van der Waals surface area contributed by atoms with Gasteiger partial charge in [0.15, 0.2) is 5.82 Å². The van der Waals surface area contributed by atoms with Gasteiger partial charge in [0.1, 0.15) is 0 Å². The Kier molecular flexibility index (Phi) is 5.57. The van der Waals surface area contributed by atoms with Crippen molar-refractivity contribution in [1.29, 1.82) is 0 Å². The third kappa shape index (κ3) is 4.32. The summed E-state index contributed by atoms with van der Waals surface area (Å²) in [7, 11) is 0. The van der Waals surface area contributed by atoms with Crippen LogP contribution in [0.5, 0.6) is 0 Å². The molecule has 1 aromatic heterocycles. The van der Waals surface area contributed by atoms with Crippen LogP contribution in [0.4, 0.5) is 17.5 Å². The molecule has 0 bridgehead atoms. The lowest BCUT2D eigenvalue weighted by molar-refractivity contribution is 0.771. The second kappa shape index (κ2) is 8.24. The molecule has 0 unspecified atom stereocenters. The van der Waals surface area contributed by atoms with E-state index < -0.39 is 0 Å². The van der Waals surface area contributed by atoms with Gasteiger partial charge in [0.05, 0.1) is 6.20 Å². The molecule has 2 aromatic carbocycles. The fourth-order valence-electron chi connectivity index (χ4n) is 2.70. The zero-order valence-corrected chi connectivity index (χ0v) is 14.7. The molecule has 0 saturated heterocycles. The first-order valence-electron chi connectivity index (χ1n) is 8.63. The number of nitrogens with zero attached hydrogens (tertiary/aromatic N) is 4. The second-order valence-corrected chi connectivity index (χ2v) is 5.78. The van der Waals surface area contributed by atoms with Gasteiger partial charge in [0.2, 0.25) is 5.95 Å². The predicted molar refractivity (Wildman–Crippen MR) is 102 cm³/mol. The first-order valence-corrected chi connectivity index (χ1v) is 8.63. The van der Waals surface area contributed by atoms with Crippen LogP contribution in [0.15, 0.2) is 60.8 Å². The molecule has 25 heavy (non-hydrogen) atoms. The fourth-order valence-corrected chi connectivity index (χ4v) is 2.70. The third-order valence-corrected chi connectivity index (χ3v) is 4.09. The van der Waals surface area contributed by atoms with Crippen LogP contribution in [0.25, 0.3) is 0 Å². The highest BCUT2D eigenvalue weighted by Crippen LogP contribution is 2.21. The van der Waals surface area contributed by atoms with Crippen LogP contribution in [-0.4, -0.2) is 21.7 Å². The molecule has 1 N–H and O–H groups in total. The van der Waals surface area contributed by atoms with Crippen molar-refractivity contribution in [3.63, 3.8) is 0 Å². The lowest BCUT2D eigenvalue weighted by Crippen LogP contribution is -2.24. The molecule has 0 spiro atoms. The summed E-state index contributed by atoms with van der Waals surface area (Å²) < 4.78 is 0. The van der Waals surface area contributed by atoms with Gasteiger partial charge in [-0.3, -0.25) is 0 Å². The molecule has 0 amide bonds. The molecule has 0 aliphatic heterocycles. The van der Waals surface area contributed by atoms with Crippen molar-refractivity contribution in [1.82, 2.24) is 15.2 Å². The van der Waals surface area contributed by atoms with Gasteiger partial charge >= 0.3 is 0 Å². The second-order valence-electron chi connectivity index (χ2n) is 5.78. The summed E-state index contributed by atoms with van der Waals surface area (Å²) in [5.74, 6) is 1.34. The van der Waals surface area contributed by atoms with Gasteiger partial charge in [-0.25, -0.2) is 0 Å². The first kappa shape index (κ1) is 16.9. The predicted octanol–water partition coefficient (Wildman–Crippen LogP) is 4.20. The minimum absolute atomic E-state index is 0.630. The highest BCUT2D eigenvalue weighted by Gasteiger charge is 2.11. The minimum atomic E-state index is 0.630. The number of nitrogens with one attached hydrogen (secondary N) is 1. The topological polar surface area (TPSA) is 53.9 Å². The van der Waals surface area contributed by atoms with Crippen LogP contribution < -0.4 is 10.2 Å². The molecule has 5 nitrogen and oxygen atoms in total. The smallest absolute Gasteiger partial charge is 0.247 e. The van der Waals surface area contributed by atoms with E-state index >= 15 is 0 Å². The van der Waals surface area contributed by atoms with Crippen LogP contribution in [0.1, 0.15) is 25.0 Å². The van der Waals surface area contributed by atoms with E-state index in [1.165, 1.54) is 11.1 Å². The Hall–Kier alpha value is -2.95. The van der Waals surface area contributed by atoms with Crippen LogP contribution in [0, 0.1) is 0 Å². The largest absolute Gasteiger partial charge is 0.339 e. The Morgan fingerprint density at radius 3 is 2.48 bits per heavy atom. The number of hydrogen-bond donors (Lipinski definition) is 1. The molecule has 1 heterocycles. The number of aromatic nitrogens is 3. The lowest BCUT2D eigenvalue weighted by Gasteiger charge is -2.21. The highest BCUT2D eigenvalue weighted by atomic mass is 15.3. The van der Waals surface area contributed by atoms with Crippen LogP contribution in [0.3, 0.4) is 0 Å². The van der Waals surface area contributed by atoms with Gasteiger partial charge in [-0.2, -0.15) is 10.1 Å². The van der Waals surface area contributed by atoms with Crippen molar-refractivity contribution in [3.05, 3.63) is 71.9 Å². The Morgan fingerprint density at radius 1 is 0.960 bits per heavy atom. The molecule has 5 heteroatoms. The lowest BCUT2D eigenvalue weighted by atomic mass is 10.1. The molecule has 0 fully saturated rings. The third-order valence-electron chi connectivity index (χ3n) is 4.09. The molecular formula is C20H23N5. The van der Waals surface area contributed by atoms with Crippen molar-refractivity contribution >= 4 is 17.5 Å². The Bertz CT molecular complexity index is 804. The number of para-hydroxylation sites is 1. The Balaban J connectivity index is 1.80. The average molecular weight is 333 g/mol. The Morgan fingerprint density at radius 2 is 1.72 bits per heavy atom. The van der Waals surface area contributed by atoms with Gasteiger partial charge in [0, 0.05) is 18.8 Å². The van der Waals surface area contributed by atoms with Gasteiger partial charge in [-0.15, -0.1) is 5.10 Å². The summed E-state index contributed by atoms with van der Waals surface area (Å²) >= 11 is 0. The van der Waals surface area contributed by atoms with Crippen LogP contribution in [0.2, 0.25) is 0 Å². The summed E-state index contributed by atoms with van der Waals surface area (Å²) in [6.07, 6.45) is 2.62. The van der Waals surface area contributed by atoms with Crippen LogP contribution >= 0.6 is 0 Å². The molecule has 0 saturated carbocycles. The van der Waals surface area contributed by atoms with E-state index in [4.69, 9.17) is 0 Å². The molecule has 3 rings (SSSR count). The maximum Gasteiger partial charge on any atom is 0.247 e. The van der Waals surface area contributed by atoms with E-state index in [-0.39, 0.29) is 0 Å². The number of hydrogen-bond acceptors (Lipinski definition) is 5. The SMILES string of the molecule is CCc1ccccc1Nc1cnnc(N(CC)Cc2ccccc2)n1. The summed E-state index contributed by atoms with van der Waals surface area (Å²) in [6, 6.07) is 18.6. The van der Waals surface area contributed by atoms with E-state index in [1.54, 1.807) is 6.20 Å². The van der Waals surface area contributed by atoms with E-state index in [2.05, 4.69) is 63.5 Å². The normalized spacial score (nSPS) is 10.5. The molecule has 128 valence electrons. The summed E-state index contributed by atoms with van der Waals surface area (Å²) in [5, 5.41) is 11.7. The van der Waals surface area contributed by atoms with E-state index in [0.29, 0.717) is 11.8 Å².